The fourth-order valence-corrected chi connectivity index (χ4v) is 1.36. The first-order valence-corrected chi connectivity index (χ1v) is 4.87. The number of thiol groups is 1. The highest BCUT2D eigenvalue weighted by molar-refractivity contribution is 8.17. The van der Waals surface area contributed by atoms with E-state index in [-0.39, 0.29) is 10.9 Å². The van der Waals surface area contributed by atoms with Crippen LogP contribution in [0, 0.1) is 6.26 Å². The molecule has 9 heavy (non-hydrogen) atoms. The van der Waals surface area contributed by atoms with Gasteiger partial charge in [-0.15, -0.1) is 0 Å². The molecule has 0 bridgehead atoms. The Kier molecular flexibility index (Phi) is 2.17. The summed E-state index contributed by atoms with van der Waals surface area (Å²) in [5.41, 5.74) is 0. The molecule has 0 aliphatic carbocycles. The summed E-state index contributed by atoms with van der Waals surface area (Å²) < 4.78 is 0. The molecule has 0 aromatic heterocycles. The van der Waals surface area contributed by atoms with E-state index in [2.05, 4.69) is 36.8 Å². The third kappa shape index (κ3) is 1.75. The van der Waals surface area contributed by atoms with Crippen LogP contribution in [0.15, 0.2) is 35.2 Å². The molecule has 0 spiro atoms. The van der Waals surface area contributed by atoms with Gasteiger partial charge in [-0.1, -0.05) is 30.3 Å². The van der Waals surface area contributed by atoms with Crippen molar-refractivity contribution in [3.05, 3.63) is 36.6 Å². The maximum atomic E-state index is 3.97. The molecule has 0 saturated carbocycles. The van der Waals surface area contributed by atoms with Crippen LogP contribution in [0.2, 0.25) is 0 Å². The van der Waals surface area contributed by atoms with Crippen LogP contribution in [0.1, 0.15) is 0 Å². The van der Waals surface area contributed by atoms with Gasteiger partial charge in [0.15, 0.2) is 0 Å². The predicted octanol–water partition coefficient (Wildman–Crippen LogP) is 2.47. The fraction of sp³-hybridized carbons (Fsp3) is 0.125. The van der Waals surface area contributed by atoms with Crippen LogP contribution in [0.4, 0.5) is 0 Å². The highest BCUT2D eigenvalue weighted by Gasteiger charge is 1.89. The van der Waals surface area contributed by atoms with E-state index in [4.69, 9.17) is 0 Å². The summed E-state index contributed by atoms with van der Waals surface area (Å²) in [5.74, 6) is 0. The third-order valence-electron chi connectivity index (χ3n) is 1.20. The van der Waals surface area contributed by atoms with E-state index in [0.717, 1.165) is 0 Å². The molecule has 1 radical (unpaired) electrons. The molecule has 0 fully saturated rings. The second kappa shape index (κ2) is 2.92. The molecule has 49 valence electrons. The summed E-state index contributed by atoms with van der Waals surface area (Å²) in [6.45, 7) is 0. The van der Waals surface area contributed by atoms with Crippen molar-refractivity contribution in [1.29, 1.82) is 0 Å². The van der Waals surface area contributed by atoms with Crippen molar-refractivity contribution >= 4 is 10.9 Å². The summed E-state index contributed by atoms with van der Waals surface area (Å²) in [7, 11) is -0.146. The Morgan fingerprint density at radius 2 is 1.78 bits per heavy atom. The highest BCUT2D eigenvalue weighted by Crippen LogP contribution is 2.28. The lowest BCUT2D eigenvalue weighted by Gasteiger charge is -2.06. The van der Waals surface area contributed by atoms with E-state index >= 15 is 0 Å². The minimum Gasteiger partial charge on any atom is -0.229 e. The zero-order valence-electron chi connectivity index (χ0n) is 5.54. The van der Waals surface area contributed by atoms with E-state index < -0.39 is 0 Å². The van der Waals surface area contributed by atoms with Crippen LogP contribution in [-0.2, 0) is 0 Å². The smallest absolute Gasteiger partial charge is 0.0127 e. The largest absolute Gasteiger partial charge is 0.229 e. The average Bonchev–Trinajstić information content (AvgIpc) is 1.90. The van der Waals surface area contributed by atoms with Crippen LogP contribution in [0.5, 0.6) is 0 Å². The molecule has 0 N–H and O–H groups in total. The molecule has 0 nitrogen and oxygen atoms in total. The van der Waals surface area contributed by atoms with E-state index in [0.29, 0.717) is 0 Å². The standard InChI is InChI=1S/C8H11S/c1-9(2)8-6-4-3-5-7-8/h3-7,9H,1H2,2H3. The van der Waals surface area contributed by atoms with E-state index in [1.54, 1.807) is 0 Å². The van der Waals surface area contributed by atoms with Gasteiger partial charge >= 0.3 is 0 Å². The maximum absolute atomic E-state index is 3.97. The van der Waals surface area contributed by atoms with Crippen molar-refractivity contribution in [2.75, 3.05) is 6.26 Å². The molecule has 1 aromatic carbocycles. The Morgan fingerprint density at radius 3 is 2.11 bits per heavy atom. The van der Waals surface area contributed by atoms with Gasteiger partial charge in [-0.25, -0.2) is 10.9 Å². The maximum Gasteiger partial charge on any atom is -0.0127 e. The molecule has 0 heterocycles. The van der Waals surface area contributed by atoms with Crippen LogP contribution in [0.25, 0.3) is 0 Å². The molecule has 0 aliphatic heterocycles. The monoisotopic (exact) mass is 139 g/mol. The second-order valence-electron chi connectivity index (χ2n) is 2.03. The van der Waals surface area contributed by atoms with Crippen molar-refractivity contribution in [1.82, 2.24) is 0 Å². The average molecular weight is 139 g/mol. The van der Waals surface area contributed by atoms with Crippen LogP contribution < -0.4 is 0 Å². The molecular weight excluding hydrogens is 128 g/mol. The lowest BCUT2D eigenvalue weighted by molar-refractivity contribution is 1.46. The number of hydrogen-bond donors (Lipinski definition) is 1. The van der Waals surface area contributed by atoms with Crippen molar-refractivity contribution in [2.24, 2.45) is 0 Å². The molecule has 1 atom stereocenters. The summed E-state index contributed by atoms with van der Waals surface area (Å²) in [5, 5.41) is 0. The fourth-order valence-electron chi connectivity index (χ4n) is 0.682. The minimum atomic E-state index is -0.146. The van der Waals surface area contributed by atoms with Crippen LogP contribution in [-0.4, -0.2) is 6.26 Å². The van der Waals surface area contributed by atoms with Crippen molar-refractivity contribution in [2.45, 2.75) is 4.90 Å². The lowest BCUT2D eigenvalue weighted by atomic mass is 10.4. The minimum absolute atomic E-state index is 0.146. The van der Waals surface area contributed by atoms with Gasteiger partial charge in [0.25, 0.3) is 0 Å². The van der Waals surface area contributed by atoms with Crippen molar-refractivity contribution < 1.29 is 0 Å². The van der Waals surface area contributed by atoms with Gasteiger partial charge in [0, 0.05) is 0 Å². The molecule has 0 saturated heterocycles. The third-order valence-corrected chi connectivity index (χ3v) is 2.38. The topological polar surface area (TPSA) is 0 Å². The van der Waals surface area contributed by atoms with Gasteiger partial charge in [-0.05, 0) is 17.4 Å². The Hall–Kier alpha value is -0.430. The Bertz CT molecular complexity index is 167. The summed E-state index contributed by atoms with van der Waals surface area (Å²) >= 11 is 0. The molecule has 1 unspecified atom stereocenters. The van der Waals surface area contributed by atoms with Crippen LogP contribution >= 0.6 is 10.9 Å². The zero-order chi connectivity index (χ0) is 6.69. The predicted molar refractivity (Wildman–Crippen MR) is 45.0 cm³/mol. The number of hydrogen-bond acceptors (Lipinski definition) is 0. The SMILES string of the molecule is [CH2][SH](C)c1ccccc1. The van der Waals surface area contributed by atoms with Crippen molar-refractivity contribution in [3.63, 3.8) is 0 Å². The van der Waals surface area contributed by atoms with E-state index in [1.807, 2.05) is 6.07 Å². The van der Waals surface area contributed by atoms with Gasteiger partial charge < -0.3 is 0 Å². The summed E-state index contributed by atoms with van der Waals surface area (Å²) in [4.78, 5) is 1.37. The molecule has 0 amide bonds. The summed E-state index contributed by atoms with van der Waals surface area (Å²) in [6, 6.07) is 10.4. The molecule has 1 heteroatoms. The number of benzene rings is 1. The van der Waals surface area contributed by atoms with Crippen LogP contribution in [0.3, 0.4) is 0 Å². The molecule has 0 aliphatic rings. The van der Waals surface area contributed by atoms with Gasteiger partial charge in [0.1, 0.15) is 0 Å². The Balaban J connectivity index is 2.85. The molecular formula is C8H11S. The van der Waals surface area contributed by atoms with Gasteiger partial charge in [0.2, 0.25) is 0 Å². The van der Waals surface area contributed by atoms with E-state index in [9.17, 15) is 0 Å². The second-order valence-corrected chi connectivity index (χ2v) is 3.95. The Morgan fingerprint density at radius 1 is 1.22 bits per heavy atom. The number of rotatable bonds is 1. The normalized spacial score (nSPS) is 11.1. The lowest BCUT2D eigenvalue weighted by Crippen LogP contribution is -1.71. The van der Waals surface area contributed by atoms with Gasteiger partial charge in [-0.2, -0.15) is 0 Å². The van der Waals surface area contributed by atoms with Crippen molar-refractivity contribution in [3.8, 4) is 0 Å². The summed E-state index contributed by atoms with van der Waals surface area (Å²) in [6.07, 6.45) is 6.13. The molecule has 1 aromatic rings. The van der Waals surface area contributed by atoms with E-state index in [1.165, 1.54) is 4.90 Å². The first-order valence-electron chi connectivity index (χ1n) is 2.90. The Labute approximate surface area is 59.3 Å². The first kappa shape index (κ1) is 6.69. The highest BCUT2D eigenvalue weighted by atomic mass is 32.2. The van der Waals surface area contributed by atoms with Gasteiger partial charge in [0.05, 0.1) is 0 Å². The zero-order valence-corrected chi connectivity index (χ0v) is 6.44. The molecule has 1 rings (SSSR count). The van der Waals surface area contributed by atoms with Gasteiger partial charge in [-0.3, -0.25) is 0 Å². The first-order chi connectivity index (χ1) is 4.30. The quantitative estimate of drug-likeness (QED) is 0.568.